The molecule has 0 aliphatic carbocycles. The van der Waals surface area contributed by atoms with Crippen molar-refractivity contribution in [1.82, 2.24) is 31.5 Å². The molecular weight excluding hydrogens is 1060 g/mol. The maximum absolute atomic E-state index is 14.8. The fraction of sp³-hybridized carbons (Fsp3) is 0.458. The zero-order valence-corrected chi connectivity index (χ0v) is 48.3. The van der Waals surface area contributed by atoms with E-state index in [9.17, 15) is 38.4 Å². The molecule has 4 aromatic carbocycles. The Kier molecular flexibility index (Phi) is 24.3. The van der Waals surface area contributed by atoms with E-state index >= 15 is 0 Å². The molecule has 0 radical (unpaired) electrons. The molecule has 2 heterocycles. The summed E-state index contributed by atoms with van der Waals surface area (Å²) in [5.41, 5.74) is 2.82. The lowest BCUT2D eigenvalue weighted by Gasteiger charge is -2.31. The number of ether oxygens (including phenoxy) is 2. The predicted molar refractivity (Wildman–Crippen MR) is 305 cm³/mol. The summed E-state index contributed by atoms with van der Waals surface area (Å²) < 4.78 is 37.1. The Morgan fingerprint density at radius 2 is 1.39 bits per heavy atom. The molecule has 0 unspecified atom stereocenters. The van der Waals surface area contributed by atoms with Gasteiger partial charge in [0.05, 0.1) is 19.3 Å². The number of amides is 6. The van der Waals surface area contributed by atoms with Crippen LogP contribution in [0.3, 0.4) is 0 Å². The number of aldehydes is 1. The molecule has 430 valence electrons. The highest BCUT2D eigenvalue weighted by Gasteiger charge is 2.40. The van der Waals surface area contributed by atoms with Gasteiger partial charge >= 0.3 is 16.6 Å². The summed E-state index contributed by atoms with van der Waals surface area (Å²) in [7, 11) is -1.82. The van der Waals surface area contributed by atoms with Crippen molar-refractivity contribution in [3.05, 3.63) is 112 Å². The normalized spacial score (nSPS) is 14.5. The van der Waals surface area contributed by atoms with E-state index in [2.05, 4.69) is 26.6 Å². The Hall–Kier alpha value is -7.52. The molecule has 1 fully saturated rings. The van der Waals surface area contributed by atoms with E-state index < -0.39 is 82.2 Å². The van der Waals surface area contributed by atoms with Gasteiger partial charge in [0.25, 0.3) is 5.91 Å². The quantitative estimate of drug-likeness (QED) is 0.0291. The van der Waals surface area contributed by atoms with Crippen molar-refractivity contribution in [2.75, 3.05) is 20.3 Å². The van der Waals surface area contributed by atoms with Gasteiger partial charge in [-0.15, -0.1) is 24.0 Å². The minimum absolute atomic E-state index is 0.0259. The van der Waals surface area contributed by atoms with E-state index in [0.29, 0.717) is 35.1 Å². The van der Waals surface area contributed by atoms with Gasteiger partial charge in [0.2, 0.25) is 29.5 Å². The van der Waals surface area contributed by atoms with Crippen molar-refractivity contribution in [2.24, 2.45) is 11.8 Å². The number of hydrogen-bond donors (Lipinski definition) is 5. The number of nitrogens with zero attached hydrogens (tertiary/aromatic N) is 1. The second-order valence-electron chi connectivity index (χ2n) is 20.4. The molecule has 0 bridgehead atoms. The summed E-state index contributed by atoms with van der Waals surface area (Å²) in [5, 5.41) is 19.1. The number of benzene rings is 4. The van der Waals surface area contributed by atoms with Crippen LogP contribution in [0, 0.1) is 18.8 Å². The van der Waals surface area contributed by atoms with Crippen LogP contribution in [0.5, 0.6) is 5.75 Å². The van der Waals surface area contributed by atoms with E-state index in [1.54, 1.807) is 37.3 Å². The largest absolute Gasteiger partial charge is 0.493 e. The van der Waals surface area contributed by atoms with Gasteiger partial charge in [-0.05, 0) is 114 Å². The summed E-state index contributed by atoms with van der Waals surface area (Å²) in [6.45, 7) is 14.0. The molecule has 5 N–H and O–H groups in total. The molecule has 6 rings (SSSR count). The van der Waals surface area contributed by atoms with E-state index in [1.807, 2.05) is 95.5 Å². The molecule has 1 aromatic heterocycles. The number of hydrogen-bond acceptors (Lipinski definition) is 14. The summed E-state index contributed by atoms with van der Waals surface area (Å²) in [6.07, 6.45) is 2.62. The van der Waals surface area contributed by atoms with Crippen LogP contribution in [0.25, 0.3) is 20.9 Å². The van der Waals surface area contributed by atoms with Crippen molar-refractivity contribution in [1.29, 1.82) is 0 Å². The van der Waals surface area contributed by atoms with Crippen molar-refractivity contribution < 1.29 is 60.5 Å². The van der Waals surface area contributed by atoms with Gasteiger partial charge in [-0.2, -0.15) is 0 Å². The first-order valence-corrected chi connectivity index (χ1v) is 28.9. The zero-order valence-electron chi connectivity index (χ0n) is 46.6. The number of rotatable bonds is 26. The average molecular weight is 1140 g/mol. The highest BCUT2D eigenvalue weighted by molar-refractivity contribution is 7.59. The van der Waals surface area contributed by atoms with E-state index in [1.165, 1.54) is 23.3 Å². The van der Waals surface area contributed by atoms with Crippen molar-refractivity contribution >= 4 is 90.5 Å². The molecular formula is C59H74N6O13S2. The SMILES string of the molecule is CCC[C@H](NC(=O)[C@H](Cc1ccc(C)c(C=O)c1)NC(=O)c1c(OCC)ccc2ccccc12)C(=O)N1CCC[C@H]1C(=O)N[C@@H](Cc1csc2ccccc12)C(=O)N[C@@H](CCCC(=O)OC)C(=O)NC(C(C)C)C(C)C.O=S(=O)=O. The van der Waals surface area contributed by atoms with E-state index in [0.717, 1.165) is 32.9 Å². The van der Waals surface area contributed by atoms with Crippen molar-refractivity contribution in [3.63, 3.8) is 0 Å². The maximum atomic E-state index is 14.8. The highest BCUT2D eigenvalue weighted by Crippen LogP contribution is 2.30. The number of carbonyl (C=O) groups is 8. The standard InChI is InChI=1S/C59H74N6O10S.O3S/c1-9-17-45(61-55(69)46(31-38-26-25-37(7)40(30-38)33-66)63-58(72)52-43-20-12-11-18-39(43)27-28-49(52)75-10-2)59(73)65-29-16-22-48(65)57(71)62-47(32-41-34-76-50-23-14-13-19-42(41)50)56(70)60-44(21-15-24-51(67)74-8)54(68)64-53(35(3)4)36(5)6;1-4(2)3/h11-14,18-20,23,25-28,30,33-36,44-48,53H,9-10,15-17,21-22,24,29,31-32H2,1-8H3,(H,60,70)(H,61,69)(H,62,71)(H,63,72)(H,64,68);/t44-,45-,46-,47-,48-;/m0./s1. The minimum Gasteiger partial charge on any atom is -0.493 e. The number of carbonyl (C=O) groups excluding carboxylic acids is 8. The third-order valence-electron chi connectivity index (χ3n) is 14.1. The van der Waals surface area contributed by atoms with Crippen LogP contribution >= 0.6 is 11.3 Å². The Morgan fingerprint density at radius 3 is 2.04 bits per heavy atom. The Labute approximate surface area is 472 Å². The monoisotopic (exact) mass is 1140 g/mol. The predicted octanol–water partition coefficient (Wildman–Crippen LogP) is 6.54. The first-order valence-electron chi connectivity index (χ1n) is 27.0. The van der Waals surface area contributed by atoms with Crippen LogP contribution in [-0.4, -0.2) is 122 Å². The Balaban J connectivity index is 0.00000284. The fourth-order valence-electron chi connectivity index (χ4n) is 10.1. The summed E-state index contributed by atoms with van der Waals surface area (Å²) in [6, 6.07) is 18.1. The highest BCUT2D eigenvalue weighted by atomic mass is 32.2. The lowest BCUT2D eigenvalue weighted by molar-refractivity contribution is -0.142. The molecule has 1 saturated heterocycles. The number of fused-ring (bicyclic) bond motifs is 2. The Bertz CT molecular complexity index is 3110. The minimum atomic E-state index is -3.11. The van der Waals surface area contributed by atoms with Gasteiger partial charge in [0.1, 0.15) is 42.2 Å². The summed E-state index contributed by atoms with van der Waals surface area (Å²) >= 11 is 1.50. The molecule has 5 atom stereocenters. The first-order chi connectivity index (χ1) is 38.2. The molecule has 0 spiro atoms. The number of esters is 1. The van der Waals surface area contributed by atoms with Gasteiger partial charge in [0, 0.05) is 42.1 Å². The van der Waals surface area contributed by atoms with Crippen molar-refractivity contribution in [3.8, 4) is 5.75 Å². The number of methoxy groups -OCH3 is 1. The van der Waals surface area contributed by atoms with Gasteiger partial charge in [-0.25, -0.2) is 0 Å². The maximum Gasteiger partial charge on any atom is 0.425 e. The number of thiophene rings is 1. The van der Waals surface area contributed by atoms with Crippen LogP contribution in [0.2, 0.25) is 0 Å². The van der Waals surface area contributed by atoms with Crippen molar-refractivity contribution in [2.45, 2.75) is 143 Å². The van der Waals surface area contributed by atoms with Crippen LogP contribution in [0.4, 0.5) is 0 Å². The molecule has 6 amide bonds. The first kappa shape index (κ1) is 63.3. The molecule has 80 heavy (non-hydrogen) atoms. The molecule has 1 aliphatic heterocycles. The van der Waals surface area contributed by atoms with E-state index in [4.69, 9.17) is 22.1 Å². The summed E-state index contributed by atoms with van der Waals surface area (Å²) in [5.74, 6) is -3.26. The van der Waals surface area contributed by atoms with Crippen LogP contribution in [0.15, 0.2) is 84.2 Å². The van der Waals surface area contributed by atoms with Gasteiger partial charge in [-0.1, -0.05) is 102 Å². The second kappa shape index (κ2) is 30.7. The number of aryl methyl sites for hydroxylation is 1. The van der Waals surface area contributed by atoms with Gasteiger partial charge in [-0.3, -0.25) is 38.4 Å². The van der Waals surface area contributed by atoms with E-state index in [-0.39, 0.29) is 81.5 Å². The number of nitrogens with one attached hydrogen (secondary N) is 5. The van der Waals surface area contributed by atoms with Gasteiger partial charge < -0.3 is 41.0 Å². The van der Waals surface area contributed by atoms with Crippen LogP contribution in [-0.2, 0) is 57.0 Å². The zero-order chi connectivity index (χ0) is 58.6. The lowest BCUT2D eigenvalue weighted by Crippen LogP contribution is -2.59. The molecule has 21 heteroatoms. The fourth-order valence-corrected chi connectivity index (χ4v) is 11.0. The topological polar surface area (TPSA) is 270 Å². The lowest BCUT2D eigenvalue weighted by atomic mass is 9.92. The summed E-state index contributed by atoms with van der Waals surface area (Å²) in [4.78, 5) is 113. The molecule has 0 saturated carbocycles. The average Bonchev–Trinajstić information content (AvgIpc) is 4.09. The smallest absolute Gasteiger partial charge is 0.425 e. The van der Waals surface area contributed by atoms with Crippen LogP contribution in [0.1, 0.15) is 124 Å². The molecule has 1 aliphatic rings. The third-order valence-corrected chi connectivity index (χ3v) is 15.1. The Morgan fingerprint density at radius 1 is 0.750 bits per heavy atom. The second-order valence-corrected chi connectivity index (χ2v) is 21.8. The van der Waals surface area contributed by atoms with Gasteiger partial charge in [0.15, 0.2) is 0 Å². The molecule has 5 aromatic rings. The third kappa shape index (κ3) is 17.5. The number of likely N-dealkylation sites (tertiary alicyclic amines) is 1. The van der Waals surface area contributed by atoms with Crippen LogP contribution < -0.4 is 31.3 Å². The molecule has 19 nitrogen and oxygen atoms in total.